The van der Waals surface area contributed by atoms with Crippen molar-refractivity contribution in [1.29, 1.82) is 0 Å². The molecule has 0 radical (unpaired) electrons. The van der Waals surface area contributed by atoms with Crippen molar-refractivity contribution >= 4 is 53.9 Å². The van der Waals surface area contributed by atoms with Gasteiger partial charge >= 0.3 is 0 Å². The second-order valence-electron chi connectivity index (χ2n) is 6.62. The highest BCUT2D eigenvalue weighted by Crippen LogP contribution is 2.39. The molecule has 0 aromatic heterocycles. The smallest absolute Gasteiger partial charge is 0.00324 e. The average Bonchev–Trinajstić information content (AvgIpc) is 2.64. The fraction of sp³-hybridized carbons (Fsp3) is 0. The molecule has 0 saturated heterocycles. The summed E-state index contributed by atoms with van der Waals surface area (Å²) < 4.78 is 0. The summed E-state index contributed by atoms with van der Waals surface area (Å²) in [5, 5.41) is 13.5. The molecule has 0 amide bonds. The van der Waals surface area contributed by atoms with Crippen LogP contribution in [0.25, 0.3) is 53.9 Å². The van der Waals surface area contributed by atoms with Crippen LogP contribution in [0.15, 0.2) is 84.9 Å². The minimum absolute atomic E-state index is 1.32. The molecule has 6 rings (SSSR count). The average molecular weight is 302 g/mol. The minimum Gasteiger partial charge on any atom is -0.0610 e. The lowest BCUT2D eigenvalue weighted by atomic mass is 9.90. The first-order chi connectivity index (χ1) is 11.9. The van der Waals surface area contributed by atoms with Crippen LogP contribution in [-0.2, 0) is 0 Å². The van der Waals surface area contributed by atoms with Crippen LogP contribution < -0.4 is 0 Å². The molecule has 0 unspecified atom stereocenters. The van der Waals surface area contributed by atoms with Gasteiger partial charge in [-0.05, 0) is 66.0 Å². The molecule has 110 valence electrons. The first-order valence-corrected chi connectivity index (χ1v) is 8.38. The molecular weight excluding hydrogens is 288 g/mol. The Kier molecular flexibility index (Phi) is 2.18. The van der Waals surface area contributed by atoms with E-state index in [1.165, 1.54) is 53.9 Å². The normalized spacial score (nSPS) is 12.2. The molecule has 0 nitrogen and oxygen atoms in total. The third-order valence-electron chi connectivity index (χ3n) is 5.34. The van der Waals surface area contributed by atoms with Gasteiger partial charge in [0, 0.05) is 0 Å². The summed E-state index contributed by atoms with van der Waals surface area (Å²) in [6.45, 7) is 0. The molecular formula is C24H14. The molecule has 0 N–H and O–H groups in total. The Labute approximate surface area is 139 Å². The highest BCUT2D eigenvalue weighted by atomic mass is 14.1. The van der Waals surface area contributed by atoms with Crippen molar-refractivity contribution in [3.05, 3.63) is 84.9 Å². The van der Waals surface area contributed by atoms with E-state index in [4.69, 9.17) is 0 Å². The zero-order valence-corrected chi connectivity index (χ0v) is 13.1. The van der Waals surface area contributed by atoms with Gasteiger partial charge in [0.25, 0.3) is 0 Å². The predicted molar refractivity (Wildman–Crippen MR) is 105 cm³/mol. The summed E-state index contributed by atoms with van der Waals surface area (Å²) in [5.74, 6) is 0. The van der Waals surface area contributed by atoms with Gasteiger partial charge in [0.05, 0.1) is 0 Å². The maximum Gasteiger partial charge on any atom is -0.00324 e. The summed E-state index contributed by atoms with van der Waals surface area (Å²) in [4.78, 5) is 0. The van der Waals surface area contributed by atoms with Crippen molar-refractivity contribution < 1.29 is 0 Å². The fourth-order valence-corrected chi connectivity index (χ4v) is 4.34. The molecule has 0 aliphatic heterocycles. The molecule has 6 aromatic carbocycles. The molecule has 0 spiro atoms. The van der Waals surface area contributed by atoms with Crippen LogP contribution in [0.5, 0.6) is 0 Å². The van der Waals surface area contributed by atoms with Gasteiger partial charge in [-0.25, -0.2) is 0 Å². The zero-order valence-electron chi connectivity index (χ0n) is 13.1. The molecule has 0 fully saturated rings. The van der Waals surface area contributed by atoms with Gasteiger partial charge in [0.2, 0.25) is 0 Å². The third-order valence-corrected chi connectivity index (χ3v) is 5.34. The SMILES string of the molecule is c1cc2cccc3c4cc5cccc6cccc(c4cc(c1)c23)c65. The van der Waals surface area contributed by atoms with E-state index < -0.39 is 0 Å². The van der Waals surface area contributed by atoms with Crippen molar-refractivity contribution in [1.82, 2.24) is 0 Å². The predicted octanol–water partition coefficient (Wildman–Crippen LogP) is 6.89. The molecule has 6 aromatic rings. The lowest BCUT2D eigenvalue weighted by Gasteiger charge is -2.14. The van der Waals surface area contributed by atoms with Gasteiger partial charge in [-0.1, -0.05) is 72.8 Å². The van der Waals surface area contributed by atoms with Gasteiger partial charge in [0.15, 0.2) is 0 Å². The Morgan fingerprint density at radius 1 is 0.333 bits per heavy atom. The monoisotopic (exact) mass is 302 g/mol. The lowest BCUT2D eigenvalue weighted by Crippen LogP contribution is -1.86. The maximum absolute atomic E-state index is 2.37. The van der Waals surface area contributed by atoms with Crippen LogP contribution in [-0.4, -0.2) is 0 Å². The Hall–Kier alpha value is -3.12. The number of hydrogen-bond acceptors (Lipinski definition) is 0. The molecule has 0 bridgehead atoms. The maximum atomic E-state index is 2.37. The Morgan fingerprint density at radius 2 is 0.708 bits per heavy atom. The van der Waals surface area contributed by atoms with E-state index in [9.17, 15) is 0 Å². The topological polar surface area (TPSA) is 0 Å². The standard InChI is InChI=1S/C24H14/c1-5-15-7-3-11-19-22-14-18-10-2-6-16-8-4-12-20(24(16)18)21(22)13-17(9-1)23(15)19/h1-14H. The van der Waals surface area contributed by atoms with Crippen molar-refractivity contribution in [2.75, 3.05) is 0 Å². The number of benzene rings is 6. The first kappa shape index (κ1) is 12.3. The molecule has 0 aliphatic rings. The minimum atomic E-state index is 1.32. The summed E-state index contributed by atoms with van der Waals surface area (Å²) in [6, 6.07) is 31.2. The van der Waals surface area contributed by atoms with E-state index in [1.54, 1.807) is 0 Å². The van der Waals surface area contributed by atoms with Crippen molar-refractivity contribution in [2.24, 2.45) is 0 Å². The summed E-state index contributed by atoms with van der Waals surface area (Å²) in [7, 11) is 0. The molecule has 0 heterocycles. The van der Waals surface area contributed by atoms with Crippen LogP contribution in [0.3, 0.4) is 0 Å². The van der Waals surface area contributed by atoms with Crippen LogP contribution in [0.1, 0.15) is 0 Å². The Morgan fingerprint density at radius 3 is 1.17 bits per heavy atom. The van der Waals surface area contributed by atoms with Crippen molar-refractivity contribution in [2.45, 2.75) is 0 Å². The van der Waals surface area contributed by atoms with Gasteiger partial charge < -0.3 is 0 Å². The first-order valence-electron chi connectivity index (χ1n) is 8.38. The molecule has 0 heteroatoms. The van der Waals surface area contributed by atoms with Gasteiger partial charge in [-0.2, -0.15) is 0 Å². The number of fused-ring (bicyclic) bond motifs is 3. The van der Waals surface area contributed by atoms with Crippen molar-refractivity contribution in [3.63, 3.8) is 0 Å². The largest absolute Gasteiger partial charge is 0.0610 e. The molecule has 0 atom stereocenters. The van der Waals surface area contributed by atoms with E-state index >= 15 is 0 Å². The highest BCUT2D eigenvalue weighted by Gasteiger charge is 2.11. The lowest BCUT2D eigenvalue weighted by molar-refractivity contribution is 1.79. The van der Waals surface area contributed by atoms with Gasteiger partial charge in [-0.15, -0.1) is 0 Å². The van der Waals surface area contributed by atoms with Crippen LogP contribution >= 0.6 is 0 Å². The quantitative estimate of drug-likeness (QED) is 0.212. The summed E-state index contributed by atoms with van der Waals surface area (Å²) in [5.41, 5.74) is 0. The van der Waals surface area contributed by atoms with E-state index in [-0.39, 0.29) is 0 Å². The van der Waals surface area contributed by atoms with Crippen molar-refractivity contribution in [3.8, 4) is 0 Å². The van der Waals surface area contributed by atoms with E-state index in [2.05, 4.69) is 84.9 Å². The van der Waals surface area contributed by atoms with Crippen LogP contribution in [0.4, 0.5) is 0 Å². The second-order valence-corrected chi connectivity index (χ2v) is 6.62. The molecule has 0 aliphatic carbocycles. The summed E-state index contributed by atoms with van der Waals surface area (Å²) >= 11 is 0. The number of rotatable bonds is 0. The Balaban J connectivity index is 2.03. The van der Waals surface area contributed by atoms with Gasteiger partial charge in [-0.3, -0.25) is 0 Å². The van der Waals surface area contributed by atoms with E-state index in [0.29, 0.717) is 0 Å². The van der Waals surface area contributed by atoms with Crippen LogP contribution in [0.2, 0.25) is 0 Å². The molecule has 0 saturated carbocycles. The van der Waals surface area contributed by atoms with E-state index in [0.717, 1.165) is 0 Å². The molecule has 24 heavy (non-hydrogen) atoms. The zero-order chi connectivity index (χ0) is 15.7. The summed E-state index contributed by atoms with van der Waals surface area (Å²) in [6.07, 6.45) is 0. The third kappa shape index (κ3) is 1.43. The van der Waals surface area contributed by atoms with Gasteiger partial charge in [0.1, 0.15) is 0 Å². The second kappa shape index (κ2) is 4.24. The van der Waals surface area contributed by atoms with Crippen LogP contribution in [0, 0.1) is 0 Å². The number of hydrogen-bond donors (Lipinski definition) is 0. The fourth-order valence-electron chi connectivity index (χ4n) is 4.34. The highest BCUT2D eigenvalue weighted by molar-refractivity contribution is 6.30. The van der Waals surface area contributed by atoms with E-state index in [1.807, 2.05) is 0 Å². The Bertz CT molecular complexity index is 1270.